The zero-order valence-corrected chi connectivity index (χ0v) is 13.9. The molecule has 0 saturated carbocycles. The van der Waals surface area contributed by atoms with E-state index < -0.39 is 10.2 Å². The second-order valence-electron chi connectivity index (χ2n) is 5.93. The Kier molecular flexibility index (Phi) is 5.71. The van der Waals surface area contributed by atoms with Gasteiger partial charge >= 0.3 is 0 Å². The fraction of sp³-hybridized carbons (Fsp3) is 1.00. The molecule has 118 valence electrons. The molecule has 20 heavy (non-hydrogen) atoms. The summed E-state index contributed by atoms with van der Waals surface area (Å²) in [4.78, 5) is 0. The molecule has 3 atom stereocenters. The SMILES string of the molecule is COC1CN(S(=O)(=O)N2CCCC(CCl)C2)CCC1C. The van der Waals surface area contributed by atoms with E-state index in [2.05, 4.69) is 6.92 Å². The molecule has 5 nitrogen and oxygen atoms in total. The van der Waals surface area contributed by atoms with Crippen LogP contribution < -0.4 is 0 Å². The van der Waals surface area contributed by atoms with Crippen LogP contribution in [0.1, 0.15) is 26.2 Å². The van der Waals surface area contributed by atoms with Crippen LogP contribution in [0.4, 0.5) is 0 Å². The molecule has 0 amide bonds. The summed E-state index contributed by atoms with van der Waals surface area (Å²) in [5, 5.41) is 0. The topological polar surface area (TPSA) is 49.9 Å². The van der Waals surface area contributed by atoms with Gasteiger partial charge in [0.05, 0.1) is 6.10 Å². The summed E-state index contributed by atoms with van der Waals surface area (Å²) in [7, 11) is -1.71. The summed E-state index contributed by atoms with van der Waals surface area (Å²) in [5.41, 5.74) is 0. The highest BCUT2D eigenvalue weighted by Crippen LogP contribution is 2.26. The molecule has 2 aliphatic heterocycles. The van der Waals surface area contributed by atoms with Gasteiger partial charge in [0.25, 0.3) is 10.2 Å². The van der Waals surface area contributed by atoms with Crippen molar-refractivity contribution in [2.45, 2.75) is 32.3 Å². The Labute approximate surface area is 127 Å². The van der Waals surface area contributed by atoms with Gasteiger partial charge in [0.15, 0.2) is 0 Å². The average molecular weight is 325 g/mol. The minimum Gasteiger partial charge on any atom is -0.380 e. The van der Waals surface area contributed by atoms with E-state index in [9.17, 15) is 8.42 Å². The molecule has 3 unspecified atom stereocenters. The molecule has 2 fully saturated rings. The number of hydrogen-bond donors (Lipinski definition) is 0. The van der Waals surface area contributed by atoms with Crippen LogP contribution in [0.5, 0.6) is 0 Å². The van der Waals surface area contributed by atoms with Crippen LogP contribution in [-0.2, 0) is 14.9 Å². The molecule has 0 aromatic heterocycles. The van der Waals surface area contributed by atoms with Crippen molar-refractivity contribution in [1.82, 2.24) is 8.61 Å². The maximum atomic E-state index is 12.7. The second-order valence-corrected chi connectivity index (χ2v) is 8.16. The molecule has 0 spiro atoms. The van der Waals surface area contributed by atoms with Crippen LogP contribution in [0.3, 0.4) is 0 Å². The van der Waals surface area contributed by atoms with Gasteiger partial charge in [-0.2, -0.15) is 17.0 Å². The Bertz CT molecular complexity index is 418. The standard InChI is InChI=1S/C13H25ClN2O3S/c1-11-5-7-16(10-13(11)19-2)20(17,18)15-6-3-4-12(8-14)9-15/h11-13H,3-10H2,1-2H3. The van der Waals surface area contributed by atoms with Crippen molar-refractivity contribution in [3.8, 4) is 0 Å². The molecule has 2 heterocycles. The summed E-state index contributed by atoms with van der Waals surface area (Å²) in [5.74, 6) is 1.22. The lowest BCUT2D eigenvalue weighted by Crippen LogP contribution is -2.53. The lowest BCUT2D eigenvalue weighted by molar-refractivity contribution is 0.0165. The maximum Gasteiger partial charge on any atom is 0.282 e. The molecule has 2 rings (SSSR count). The fourth-order valence-corrected chi connectivity index (χ4v) is 5.06. The number of rotatable bonds is 4. The molecule has 0 aliphatic carbocycles. The summed E-state index contributed by atoms with van der Waals surface area (Å²) < 4.78 is 34.0. The molecule has 2 aliphatic rings. The predicted octanol–water partition coefficient (Wildman–Crippen LogP) is 1.54. The van der Waals surface area contributed by atoms with Crippen molar-refractivity contribution in [2.75, 3.05) is 39.2 Å². The second kappa shape index (κ2) is 6.92. The monoisotopic (exact) mass is 324 g/mol. The third kappa shape index (κ3) is 3.47. The van der Waals surface area contributed by atoms with Gasteiger partial charge < -0.3 is 4.74 Å². The Morgan fingerprint density at radius 2 is 1.90 bits per heavy atom. The zero-order valence-electron chi connectivity index (χ0n) is 12.3. The van der Waals surface area contributed by atoms with Gasteiger partial charge in [-0.05, 0) is 31.1 Å². The van der Waals surface area contributed by atoms with Crippen molar-refractivity contribution < 1.29 is 13.2 Å². The molecule has 0 aromatic carbocycles. The molecular weight excluding hydrogens is 300 g/mol. The minimum atomic E-state index is -3.37. The molecule has 2 saturated heterocycles. The van der Waals surface area contributed by atoms with E-state index >= 15 is 0 Å². The Hall–Kier alpha value is 0.120. The van der Waals surface area contributed by atoms with Crippen LogP contribution >= 0.6 is 11.6 Å². The van der Waals surface area contributed by atoms with Crippen molar-refractivity contribution in [1.29, 1.82) is 0 Å². The van der Waals surface area contributed by atoms with E-state index in [-0.39, 0.29) is 12.0 Å². The first-order chi connectivity index (χ1) is 9.48. The first-order valence-electron chi connectivity index (χ1n) is 7.33. The molecule has 0 radical (unpaired) electrons. The minimum absolute atomic E-state index is 0.00728. The third-order valence-corrected chi connectivity index (χ3v) is 6.91. The molecular formula is C13H25ClN2O3S. The van der Waals surface area contributed by atoms with Gasteiger partial charge in [-0.3, -0.25) is 0 Å². The largest absolute Gasteiger partial charge is 0.380 e. The number of alkyl halides is 1. The van der Waals surface area contributed by atoms with Gasteiger partial charge in [-0.15, -0.1) is 11.6 Å². The van der Waals surface area contributed by atoms with E-state index in [1.54, 1.807) is 15.7 Å². The average Bonchev–Trinajstić information content (AvgIpc) is 2.47. The molecule has 0 bridgehead atoms. The number of hydrogen-bond acceptors (Lipinski definition) is 3. The number of nitrogens with zero attached hydrogens (tertiary/aromatic N) is 2. The highest BCUT2D eigenvalue weighted by Gasteiger charge is 2.38. The quantitative estimate of drug-likeness (QED) is 0.737. The highest BCUT2D eigenvalue weighted by atomic mass is 35.5. The maximum absolute atomic E-state index is 12.7. The third-order valence-electron chi connectivity index (χ3n) is 4.51. The normalized spacial score (nSPS) is 34.2. The van der Waals surface area contributed by atoms with E-state index in [0.717, 1.165) is 19.3 Å². The number of methoxy groups -OCH3 is 1. The summed E-state index contributed by atoms with van der Waals surface area (Å²) >= 11 is 5.89. The fourth-order valence-electron chi connectivity index (χ4n) is 3.05. The Morgan fingerprint density at radius 3 is 2.55 bits per heavy atom. The van der Waals surface area contributed by atoms with Gasteiger partial charge in [-0.1, -0.05) is 6.92 Å². The van der Waals surface area contributed by atoms with E-state index in [1.165, 1.54) is 0 Å². The van der Waals surface area contributed by atoms with Crippen molar-refractivity contribution in [2.24, 2.45) is 11.8 Å². The van der Waals surface area contributed by atoms with Crippen LogP contribution in [0.25, 0.3) is 0 Å². The van der Waals surface area contributed by atoms with Gasteiger partial charge in [0.2, 0.25) is 0 Å². The highest BCUT2D eigenvalue weighted by molar-refractivity contribution is 7.86. The predicted molar refractivity (Wildman–Crippen MR) is 80.1 cm³/mol. The van der Waals surface area contributed by atoms with Crippen LogP contribution in [0.2, 0.25) is 0 Å². The van der Waals surface area contributed by atoms with Gasteiger partial charge in [0.1, 0.15) is 0 Å². The number of halogens is 1. The van der Waals surface area contributed by atoms with Crippen LogP contribution in [-0.4, -0.2) is 62.3 Å². The zero-order chi connectivity index (χ0) is 14.8. The Morgan fingerprint density at radius 1 is 1.20 bits per heavy atom. The lowest BCUT2D eigenvalue weighted by Gasteiger charge is -2.40. The lowest BCUT2D eigenvalue weighted by atomic mass is 9.97. The Balaban J connectivity index is 2.06. The van der Waals surface area contributed by atoms with E-state index in [0.29, 0.717) is 38.0 Å². The van der Waals surface area contributed by atoms with Crippen molar-refractivity contribution in [3.05, 3.63) is 0 Å². The van der Waals surface area contributed by atoms with E-state index in [1.807, 2.05) is 0 Å². The number of ether oxygens (including phenoxy) is 1. The van der Waals surface area contributed by atoms with Crippen molar-refractivity contribution in [3.63, 3.8) is 0 Å². The molecule has 7 heteroatoms. The first-order valence-corrected chi connectivity index (χ1v) is 9.26. The van der Waals surface area contributed by atoms with Crippen LogP contribution in [0, 0.1) is 11.8 Å². The van der Waals surface area contributed by atoms with Gasteiger partial charge in [0, 0.05) is 39.2 Å². The first kappa shape index (κ1) is 16.5. The van der Waals surface area contributed by atoms with Crippen molar-refractivity contribution >= 4 is 21.8 Å². The van der Waals surface area contributed by atoms with Crippen LogP contribution in [0.15, 0.2) is 0 Å². The molecule has 0 N–H and O–H groups in total. The van der Waals surface area contributed by atoms with Gasteiger partial charge in [-0.25, -0.2) is 0 Å². The summed E-state index contributed by atoms with van der Waals surface area (Å²) in [6.07, 6.45) is 2.76. The smallest absolute Gasteiger partial charge is 0.282 e. The summed E-state index contributed by atoms with van der Waals surface area (Å²) in [6.45, 7) is 4.32. The molecule has 0 aromatic rings. The van der Waals surface area contributed by atoms with E-state index in [4.69, 9.17) is 16.3 Å². The summed E-state index contributed by atoms with van der Waals surface area (Å²) in [6, 6.07) is 0. The number of piperidine rings is 2.